The molecular formula is C51H63N3O13. The normalized spacial score (nSPS) is 30.0. The van der Waals surface area contributed by atoms with Gasteiger partial charge in [-0.3, -0.25) is 19.2 Å². The zero-order chi connectivity index (χ0) is 48.8. The lowest BCUT2D eigenvalue weighted by molar-refractivity contribution is -0.160. The molecule has 16 nitrogen and oxygen atoms in total. The number of carbonyl (C=O) groups excluding carboxylic acids is 3. The maximum atomic E-state index is 14.8. The van der Waals surface area contributed by atoms with E-state index in [1.807, 2.05) is 0 Å². The molecule has 67 heavy (non-hydrogen) atoms. The number of aliphatic hydroxyl groups excluding tert-OH is 2. The van der Waals surface area contributed by atoms with Crippen molar-refractivity contribution in [3.8, 4) is 28.7 Å². The Kier molecular flexibility index (Phi) is 14.2. The summed E-state index contributed by atoms with van der Waals surface area (Å²) < 4.78 is 36.9. The first-order valence-electron chi connectivity index (χ1n) is 23.0. The third kappa shape index (κ3) is 9.41. The molecule has 4 bridgehead atoms. The Hall–Kier alpha value is -5.81. The molecule has 360 valence electrons. The second kappa shape index (κ2) is 19.4. The molecule has 0 saturated carbocycles. The number of hydrogen-bond donors (Lipinski definition) is 4. The van der Waals surface area contributed by atoms with Gasteiger partial charge in [0.2, 0.25) is 5.43 Å². The first-order valence-corrected chi connectivity index (χ1v) is 23.0. The van der Waals surface area contributed by atoms with Crippen molar-refractivity contribution in [3.63, 3.8) is 0 Å². The smallest absolute Gasteiger partial charge is 0.312 e. The fourth-order valence-electron chi connectivity index (χ4n) is 9.56. The van der Waals surface area contributed by atoms with Crippen LogP contribution in [0.3, 0.4) is 0 Å². The molecule has 16 heteroatoms. The quantitative estimate of drug-likeness (QED) is 0.0884. The molecule has 4 heterocycles. The number of benzene rings is 3. The second-order valence-electron chi connectivity index (χ2n) is 18.8. The van der Waals surface area contributed by atoms with Crippen LogP contribution in [0.2, 0.25) is 0 Å². The van der Waals surface area contributed by atoms with Crippen LogP contribution in [-0.4, -0.2) is 105 Å². The Morgan fingerprint density at radius 1 is 0.985 bits per heavy atom. The average Bonchev–Trinajstić information content (AvgIpc) is 3.56. The molecule has 7 rings (SSSR count). The van der Waals surface area contributed by atoms with Gasteiger partial charge in [0.1, 0.15) is 46.4 Å². The molecule has 4 aliphatic heterocycles. The Balaban J connectivity index is 1.39. The van der Waals surface area contributed by atoms with Crippen LogP contribution in [0.25, 0.3) is 33.3 Å². The number of aliphatic hydroxyl groups is 2. The van der Waals surface area contributed by atoms with Gasteiger partial charge in [-0.2, -0.15) is 0 Å². The highest BCUT2D eigenvalue weighted by Crippen LogP contribution is 2.50. The van der Waals surface area contributed by atoms with E-state index in [1.54, 1.807) is 58.0 Å². The van der Waals surface area contributed by atoms with Gasteiger partial charge in [0.25, 0.3) is 11.7 Å². The van der Waals surface area contributed by atoms with Gasteiger partial charge in [-0.25, -0.2) is 4.98 Å². The number of allylic oxidation sites excluding steroid dienone is 2. The van der Waals surface area contributed by atoms with Crippen LogP contribution in [0, 0.1) is 30.6 Å². The number of methoxy groups -OCH3 is 1. The van der Waals surface area contributed by atoms with Crippen LogP contribution in [-0.2, 0) is 23.8 Å². The first kappa shape index (κ1) is 49.1. The number of rotatable bonds is 5. The lowest BCUT2D eigenvalue weighted by atomic mass is 9.78. The van der Waals surface area contributed by atoms with Crippen molar-refractivity contribution in [1.82, 2.24) is 9.88 Å². The molecule has 1 fully saturated rings. The molecule has 2 aromatic rings. The zero-order valence-electron chi connectivity index (χ0n) is 40.0. The SMILES string of the molecule is CO[C@H]1/C=C/O[C@@]2(C)Oc3c(C)c(O)c4c(=O)c(c5oc6cc(OC7CCN(C(C)C)CC7)ccc6nc-5c4c3C2=O)NC(=O)/C(C)=C\C=C\[C@H](C)[C@H](O)[C@@H](C)[C@@H](O)[C@@H](C)[C@H](OC(C)=O)[C@@H]1C. The lowest BCUT2D eigenvalue weighted by Crippen LogP contribution is -2.46. The minimum absolute atomic E-state index is 0.00979. The number of aromatic hydroxyl groups is 1. The van der Waals surface area contributed by atoms with Gasteiger partial charge in [-0.1, -0.05) is 45.9 Å². The van der Waals surface area contributed by atoms with Crippen LogP contribution in [0.1, 0.15) is 91.1 Å². The number of ether oxygens (including phenoxy) is 5. The number of likely N-dealkylation sites (tertiary alicyclic amines) is 1. The van der Waals surface area contributed by atoms with Crippen molar-refractivity contribution in [1.29, 1.82) is 0 Å². The highest BCUT2D eigenvalue weighted by atomic mass is 16.7. The number of carbonyl (C=O) groups is 3. The number of piperidine rings is 1. The number of nitrogens with one attached hydrogen (secondary N) is 1. The van der Waals surface area contributed by atoms with Gasteiger partial charge in [-0.15, -0.1) is 0 Å². The van der Waals surface area contributed by atoms with Gasteiger partial charge >= 0.3 is 11.8 Å². The third-order valence-electron chi connectivity index (χ3n) is 13.8. The summed E-state index contributed by atoms with van der Waals surface area (Å²) in [5.74, 6) is -6.70. The second-order valence-corrected chi connectivity index (χ2v) is 18.8. The molecule has 1 amide bonds. The molecule has 2 aromatic carbocycles. The number of Topliss-reactive ketones (excluding diaryl/α,β-unsaturated/α-hetero) is 1. The minimum atomic E-state index is -2.04. The molecule has 0 unspecified atom stereocenters. The molecule has 9 atom stereocenters. The van der Waals surface area contributed by atoms with Crippen molar-refractivity contribution in [2.24, 2.45) is 23.7 Å². The van der Waals surface area contributed by atoms with Crippen LogP contribution in [0.5, 0.6) is 17.2 Å². The highest BCUT2D eigenvalue weighted by molar-refractivity contribution is 6.22. The van der Waals surface area contributed by atoms with Crippen molar-refractivity contribution in [2.45, 2.75) is 124 Å². The molecule has 1 saturated heterocycles. The maximum Gasteiger partial charge on any atom is 0.312 e. The van der Waals surface area contributed by atoms with Gasteiger partial charge in [0.05, 0.1) is 35.5 Å². The average molecular weight is 926 g/mol. The number of fused-ring (bicyclic) bond motifs is 2. The van der Waals surface area contributed by atoms with E-state index in [1.165, 1.54) is 53.2 Å². The van der Waals surface area contributed by atoms with E-state index in [4.69, 9.17) is 33.1 Å². The maximum absolute atomic E-state index is 14.8. The monoisotopic (exact) mass is 925 g/mol. The molecular weight excluding hydrogens is 863 g/mol. The van der Waals surface area contributed by atoms with Gasteiger partial charge in [0.15, 0.2) is 11.3 Å². The van der Waals surface area contributed by atoms with Gasteiger partial charge in [-0.05, 0) is 58.7 Å². The van der Waals surface area contributed by atoms with Gasteiger partial charge in [0, 0.05) is 86.3 Å². The van der Waals surface area contributed by atoms with E-state index in [0.717, 1.165) is 25.9 Å². The summed E-state index contributed by atoms with van der Waals surface area (Å²) in [5.41, 5.74) is -0.465. The van der Waals surface area contributed by atoms with Crippen molar-refractivity contribution < 1.29 is 57.8 Å². The fourth-order valence-corrected chi connectivity index (χ4v) is 9.56. The van der Waals surface area contributed by atoms with Gasteiger partial charge < -0.3 is 53.6 Å². The lowest BCUT2D eigenvalue weighted by Gasteiger charge is -2.38. The predicted octanol–water partition coefficient (Wildman–Crippen LogP) is 7.20. The first-order chi connectivity index (χ1) is 31.7. The van der Waals surface area contributed by atoms with E-state index in [9.17, 15) is 34.5 Å². The Morgan fingerprint density at radius 3 is 2.34 bits per heavy atom. The number of anilines is 1. The number of hydrogen-bond acceptors (Lipinski definition) is 15. The summed E-state index contributed by atoms with van der Waals surface area (Å²) in [6.45, 7) is 18.8. The molecule has 0 radical (unpaired) electrons. The number of esters is 1. The molecule has 1 aliphatic carbocycles. The number of phenolic OH excluding ortho intramolecular Hbond substituents is 1. The summed E-state index contributed by atoms with van der Waals surface area (Å²) >= 11 is 0. The number of ketones is 1. The van der Waals surface area contributed by atoms with Crippen molar-refractivity contribution in [3.05, 3.63) is 75.7 Å². The topological polar surface area (TPSA) is 216 Å². The predicted molar refractivity (Wildman–Crippen MR) is 251 cm³/mol. The standard InChI is InChI=1S/C51H63N3O13/c1-24(2)54-20-17-32(18-21-54)65-33-15-16-34-36(23-33)66-48-40(52-34)37-38-44(58)30(8)47-39(37)49(60)51(10,67-47)63-22-19-35(62-11)27(5)46(64-31(9)55)29(7)43(57)28(6)42(56)25(3)13-12-14-26(4)50(61)53-41(48)45(38)59/h12-16,19,22-25,27-29,32,35,42-43,46,56-58H,17-18,20-21H2,1-11H3,(H,53,61)/b13-12+,22-19+,26-14-/t25-,27+,28+,29+,35-,42-,43+,46+,51-/m0/s1. The largest absolute Gasteiger partial charge is 0.507 e. The summed E-state index contributed by atoms with van der Waals surface area (Å²) in [6, 6.07) is 5.58. The van der Waals surface area contributed by atoms with Crippen LogP contribution >= 0.6 is 0 Å². The summed E-state index contributed by atoms with van der Waals surface area (Å²) in [7, 11) is 1.45. The van der Waals surface area contributed by atoms with Crippen molar-refractivity contribution >= 4 is 45.2 Å². The van der Waals surface area contributed by atoms with E-state index in [-0.39, 0.29) is 62.1 Å². The van der Waals surface area contributed by atoms with Crippen molar-refractivity contribution in [2.75, 3.05) is 25.5 Å². The Labute approximate surface area is 389 Å². The molecule has 5 aliphatic rings. The summed E-state index contributed by atoms with van der Waals surface area (Å²) in [4.78, 5) is 63.4. The summed E-state index contributed by atoms with van der Waals surface area (Å²) in [5, 5.41) is 37.2. The summed E-state index contributed by atoms with van der Waals surface area (Å²) in [6.07, 6.45) is 5.26. The Bertz CT molecular complexity index is 2680. The molecule has 4 N–H and O–H groups in total. The number of amides is 1. The van der Waals surface area contributed by atoms with E-state index < -0.39 is 82.7 Å². The number of nitrogens with zero attached hydrogens (tertiary/aromatic N) is 2. The van der Waals surface area contributed by atoms with Crippen LogP contribution in [0.4, 0.5) is 5.69 Å². The van der Waals surface area contributed by atoms with Crippen LogP contribution in [0.15, 0.2) is 63.6 Å². The number of phenols is 1. The zero-order valence-corrected chi connectivity index (χ0v) is 40.0. The fraction of sp³-hybridized carbons (Fsp3) is 0.510. The molecule has 0 spiro atoms. The van der Waals surface area contributed by atoms with E-state index in [0.29, 0.717) is 17.3 Å². The Morgan fingerprint density at radius 2 is 1.69 bits per heavy atom. The number of aromatic nitrogens is 1. The molecule has 0 aromatic heterocycles. The third-order valence-corrected chi connectivity index (χ3v) is 13.8. The van der Waals surface area contributed by atoms with Crippen LogP contribution < -0.4 is 20.2 Å². The highest BCUT2D eigenvalue weighted by Gasteiger charge is 2.50. The minimum Gasteiger partial charge on any atom is -0.507 e. The van der Waals surface area contributed by atoms with E-state index >= 15 is 0 Å². The van der Waals surface area contributed by atoms with E-state index in [2.05, 4.69) is 24.1 Å².